The van der Waals surface area contributed by atoms with Gasteiger partial charge in [0.05, 0.1) is 5.89 Å². The minimum absolute atomic E-state index is 0.505. The topological polar surface area (TPSA) is 43.1 Å². The lowest BCUT2D eigenvalue weighted by molar-refractivity contribution is -0.110. The normalized spacial score (nSPS) is 42.3. The molecule has 0 saturated carbocycles. The maximum Gasteiger partial charge on any atom is 0.128 e. The lowest BCUT2D eigenvalue weighted by Gasteiger charge is -2.12. The maximum atomic E-state index is 10.3. The zero-order valence-electron chi connectivity index (χ0n) is 5.95. The summed E-state index contributed by atoms with van der Waals surface area (Å²) < 4.78 is 7.44. The van der Waals surface area contributed by atoms with Gasteiger partial charge in [0.1, 0.15) is 6.29 Å². The molecule has 0 aromatic rings. The van der Waals surface area contributed by atoms with Gasteiger partial charge in [-0.15, -0.1) is 0 Å². The molecule has 1 aliphatic rings. The van der Waals surface area contributed by atoms with Crippen LogP contribution in [-0.4, -0.2) is 12.3 Å². The van der Waals surface area contributed by atoms with Crippen LogP contribution in [0.25, 0.3) is 0 Å². The fourth-order valence-corrected chi connectivity index (χ4v) is 0.691. The Bertz CT molecular complexity index is 200. The highest BCUT2D eigenvalue weighted by Gasteiger charge is 2.11. The predicted octanol–water partition coefficient (Wildman–Crippen LogP) is 0.255. The molecular weight excluding hydrogens is 114 g/mol. The molecule has 0 aliphatic heterocycles. The summed E-state index contributed by atoms with van der Waals surface area (Å²) in [6, 6.07) is -0.505. The van der Waals surface area contributed by atoms with Crippen LogP contribution >= 0.6 is 0 Å². The quantitative estimate of drug-likeness (QED) is 0.509. The smallest absolute Gasteiger partial charge is 0.128 e. The SMILES string of the molecule is [2H]C1(C=O)C=CC=CC1N. The lowest BCUT2D eigenvalue weighted by Crippen LogP contribution is -2.28. The molecule has 2 nitrogen and oxygen atoms in total. The van der Waals surface area contributed by atoms with Crippen LogP contribution in [0, 0.1) is 5.89 Å². The second-order valence-corrected chi connectivity index (χ2v) is 1.89. The molecule has 0 heterocycles. The first-order valence-electron chi connectivity index (χ1n) is 3.27. The van der Waals surface area contributed by atoms with Crippen molar-refractivity contribution < 1.29 is 6.17 Å². The molecule has 0 aromatic carbocycles. The number of hydrogen-bond acceptors (Lipinski definition) is 2. The van der Waals surface area contributed by atoms with Crippen LogP contribution in [0.3, 0.4) is 0 Å². The van der Waals surface area contributed by atoms with Gasteiger partial charge >= 0.3 is 0 Å². The molecule has 1 rings (SSSR count). The van der Waals surface area contributed by atoms with Crippen LogP contribution in [0.4, 0.5) is 0 Å². The highest BCUT2D eigenvalue weighted by molar-refractivity contribution is 5.59. The zero-order chi connectivity index (χ0) is 7.61. The Morgan fingerprint density at radius 1 is 1.56 bits per heavy atom. The first-order chi connectivity index (χ1) is 4.69. The number of rotatable bonds is 1. The van der Waals surface area contributed by atoms with Gasteiger partial charge in [0.25, 0.3) is 0 Å². The van der Waals surface area contributed by atoms with Gasteiger partial charge in [0.15, 0.2) is 0 Å². The Morgan fingerprint density at radius 2 is 2.22 bits per heavy atom. The van der Waals surface area contributed by atoms with Crippen molar-refractivity contribution in [2.45, 2.75) is 6.04 Å². The van der Waals surface area contributed by atoms with Crippen LogP contribution in [0.5, 0.6) is 0 Å². The highest BCUT2D eigenvalue weighted by Crippen LogP contribution is 2.06. The molecule has 0 spiro atoms. The van der Waals surface area contributed by atoms with E-state index in [2.05, 4.69) is 0 Å². The van der Waals surface area contributed by atoms with Crippen molar-refractivity contribution >= 4 is 6.29 Å². The van der Waals surface area contributed by atoms with Crippen molar-refractivity contribution in [1.82, 2.24) is 0 Å². The molecule has 2 heteroatoms. The molecular formula is C7H9NO. The summed E-state index contributed by atoms with van der Waals surface area (Å²) in [6.45, 7) is 0. The van der Waals surface area contributed by atoms with E-state index < -0.39 is 11.9 Å². The van der Waals surface area contributed by atoms with E-state index in [-0.39, 0.29) is 0 Å². The van der Waals surface area contributed by atoms with Gasteiger partial charge in [-0.1, -0.05) is 24.3 Å². The number of hydrogen-bond donors (Lipinski definition) is 1. The average Bonchev–Trinajstić information content (AvgIpc) is 1.96. The highest BCUT2D eigenvalue weighted by atomic mass is 16.1. The molecule has 0 radical (unpaired) electrons. The van der Waals surface area contributed by atoms with Gasteiger partial charge in [0.2, 0.25) is 0 Å². The van der Waals surface area contributed by atoms with Crippen LogP contribution in [0.1, 0.15) is 1.37 Å². The van der Waals surface area contributed by atoms with Gasteiger partial charge in [-0.25, -0.2) is 0 Å². The minimum Gasteiger partial charge on any atom is -0.324 e. The molecule has 1 aliphatic carbocycles. The van der Waals surface area contributed by atoms with E-state index in [0.29, 0.717) is 6.29 Å². The summed E-state index contributed by atoms with van der Waals surface area (Å²) >= 11 is 0. The fraction of sp³-hybridized carbons (Fsp3) is 0.286. The number of carbonyl (C=O) groups excluding carboxylic acids is 1. The van der Waals surface area contributed by atoms with E-state index in [4.69, 9.17) is 7.10 Å². The first kappa shape index (κ1) is 4.94. The van der Waals surface area contributed by atoms with Gasteiger partial charge in [-0.2, -0.15) is 0 Å². The molecule has 0 bridgehead atoms. The summed E-state index contributed by atoms with van der Waals surface area (Å²) in [6.07, 6.45) is 7.08. The standard InChI is InChI=1S/C7H9NO/c8-7-4-2-1-3-6(7)5-9/h1-7H,8H2/i6D. The molecule has 0 aromatic heterocycles. The second-order valence-electron chi connectivity index (χ2n) is 1.89. The van der Waals surface area contributed by atoms with Gasteiger partial charge in [0, 0.05) is 7.41 Å². The Balaban J connectivity index is 2.87. The average molecular weight is 124 g/mol. The maximum absolute atomic E-state index is 10.3. The fourth-order valence-electron chi connectivity index (χ4n) is 0.691. The van der Waals surface area contributed by atoms with Crippen LogP contribution in [0.2, 0.25) is 0 Å². The number of aldehydes is 1. The summed E-state index contributed by atoms with van der Waals surface area (Å²) in [5.74, 6) is -1.24. The molecule has 48 valence electrons. The minimum atomic E-state index is -1.24. The molecule has 2 unspecified atom stereocenters. The van der Waals surface area contributed by atoms with Crippen LogP contribution in [0.15, 0.2) is 24.3 Å². The first-order valence-corrected chi connectivity index (χ1v) is 2.77. The van der Waals surface area contributed by atoms with E-state index in [1.807, 2.05) is 0 Å². The van der Waals surface area contributed by atoms with E-state index in [9.17, 15) is 4.79 Å². The van der Waals surface area contributed by atoms with Crippen molar-refractivity contribution in [3.8, 4) is 0 Å². The van der Waals surface area contributed by atoms with E-state index in [0.717, 1.165) is 0 Å². The Hall–Kier alpha value is -0.890. The van der Waals surface area contributed by atoms with Gasteiger partial charge in [-0.3, -0.25) is 0 Å². The summed E-state index contributed by atoms with van der Waals surface area (Å²) in [5, 5.41) is 0. The lowest BCUT2D eigenvalue weighted by atomic mass is 9.98. The predicted molar refractivity (Wildman–Crippen MR) is 35.8 cm³/mol. The molecule has 2 atom stereocenters. The van der Waals surface area contributed by atoms with E-state index in [1.165, 1.54) is 6.08 Å². The Morgan fingerprint density at radius 3 is 2.67 bits per heavy atom. The number of carbonyl (C=O) groups is 1. The molecule has 0 amide bonds. The van der Waals surface area contributed by atoms with Gasteiger partial charge in [-0.05, 0) is 0 Å². The van der Waals surface area contributed by atoms with E-state index in [1.54, 1.807) is 18.2 Å². The van der Waals surface area contributed by atoms with Crippen LogP contribution in [-0.2, 0) is 4.79 Å². The van der Waals surface area contributed by atoms with Crippen molar-refractivity contribution in [3.05, 3.63) is 24.3 Å². The van der Waals surface area contributed by atoms with Crippen molar-refractivity contribution in [1.29, 1.82) is 0 Å². The largest absolute Gasteiger partial charge is 0.324 e. The molecule has 9 heavy (non-hydrogen) atoms. The molecule has 0 saturated heterocycles. The molecule has 0 fully saturated rings. The zero-order valence-corrected chi connectivity index (χ0v) is 4.95. The van der Waals surface area contributed by atoms with Crippen molar-refractivity contribution in [2.75, 3.05) is 0 Å². The Kier molecular flexibility index (Phi) is 1.43. The number of allylic oxidation sites excluding steroid dienone is 2. The molecule has 2 N–H and O–H groups in total. The van der Waals surface area contributed by atoms with Crippen molar-refractivity contribution in [2.24, 2.45) is 11.6 Å². The monoisotopic (exact) mass is 124 g/mol. The third kappa shape index (κ3) is 1.27. The number of nitrogens with two attached hydrogens (primary N) is 1. The van der Waals surface area contributed by atoms with Gasteiger partial charge < -0.3 is 10.5 Å². The second kappa shape index (κ2) is 2.60. The summed E-state index contributed by atoms with van der Waals surface area (Å²) in [7, 11) is 0. The third-order valence-electron chi connectivity index (χ3n) is 1.24. The third-order valence-corrected chi connectivity index (χ3v) is 1.24. The van der Waals surface area contributed by atoms with Crippen molar-refractivity contribution in [3.63, 3.8) is 0 Å². The summed E-state index contributed by atoms with van der Waals surface area (Å²) in [4.78, 5) is 10.3. The summed E-state index contributed by atoms with van der Waals surface area (Å²) in [5.41, 5.74) is 5.47. The Labute approximate surface area is 55.5 Å². The van der Waals surface area contributed by atoms with Crippen LogP contribution < -0.4 is 5.73 Å². The van der Waals surface area contributed by atoms with E-state index >= 15 is 0 Å².